The molecule has 1 unspecified atom stereocenters. The van der Waals surface area contributed by atoms with E-state index in [1.807, 2.05) is 12.1 Å². The molecule has 1 atom stereocenters. The Balaban J connectivity index is 1.50. The lowest BCUT2D eigenvalue weighted by Crippen LogP contribution is -2.55. The number of hydrogen-bond acceptors (Lipinski definition) is 2. The van der Waals surface area contributed by atoms with E-state index in [1.165, 1.54) is 44.1 Å². The van der Waals surface area contributed by atoms with Gasteiger partial charge < -0.3 is 0 Å². The predicted molar refractivity (Wildman–Crippen MR) is 101 cm³/mol. The van der Waals surface area contributed by atoms with Crippen molar-refractivity contribution in [3.05, 3.63) is 29.8 Å². The molecule has 4 aliphatic rings. The van der Waals surface area contributed by atoms with Crippen molar-refractivity contribution in [3.8, 4) is 0 Å². The molecule has 5 rings (SSSR count). The molecule has 4 bridgehead atoms. The average molecular weight is 362 g/mol. The summed E-state index contributed by atoms with van der Waals surface area (Å²) in [6, 6.07) is 7.46. The third kappa shape index (κ3) is 3.28. The number of benzene rings is 1. The monoisotopic (exact) mass is 361 g/mol. The van der Waals surface area contributed by atoms with Crippen LogP contribution in [-0.4, -0.2) is 14.5 Å². The van der Waals surface area contributed by atoms with Crippen LogP contribution in [-0.2, 0) is 16.4 Å². The van der Waals surface area contributed by atoms with Crippen LogP contribution in [0.3, 0.4) is 0 Å². The van der Waals surface area contributed by atoms with Gasteiger partial charge in [0.15, 0.2) is 0 Å². The van der Waals surface area contributed by atoms with Gasteiger partial charge in [-0.15, -0.1) is 0 Å². The molecule has 3 nitrogen and oxygen atoms in total. The maximum atomic E-state index is 12.9. The van der Waals surface area contributed by atoms with Crippen molar-refractivity contribution in [2.24, 2.45) is 23.2 Å². The molecule has 4 fully saturated rings. The summed E-state index contributed by atoms with van der Waals surface area (Å²) in [5, 5.41) is 0. The Morgan fingerprint density at radius 2 is 1.56 bits per heavy atom. The molecular formula is C21H31NO2S. The summed E-state index contributed by atoms with van der Waals surface area (Å²) in [7, 11) is -3.43. The molecule has 1 N–H and O–H groups in total. The minimum atomic E-state index is -3.43. The summed E-state index contributed by atoms with van der Waals surface area (Å²) >= 11 is 0. The zero-order valence-corrected chi connectivity index (χ0v) is 16.3. The first-order valence-electron chi connectivity index (χ1n) is 10.0. The lowest BCUT2D eigenvalue weighted by Gasteiger charge is -2.59. The van der Waals surface area contributed by atoms with E-state index in [4.69, 9.17) is 0 Å². The average Bonchev–Trinajstić information content (AvgIpc) is 2.54. The molecule has 4 heteroatoms. The molecule has 25 heavy (non-hydrogen) atoms. The highest BCUT2D eigenvalue weighted by atomic mass is 32.2. The fraction of sp³-hybridized carbons (Fsp3) is 0.714. The lowest BCUT2D eigenvalue weighted by molar-refractivity contribution is -0.0666. The molecule has 4 saturated carbocycles. The molecule has 0 spiro atoms. The highest BCUT2D eigenvalue weighted by molar-refractivity contribution is 7.89. The highest BCUT2D eigenvalue weighted by Gasteiger charge is 2.53. The van der Waals surface area contributed by atoms with Gasteiger partial charge in [-0.05, 0) is 92.7 Å². The van der Waals surface area contributed by atoms with Crippen LogP contribution in [0.4, 0.5) is 0 Å². The zero-order chi connectivity index (χ0) is 17.7. The Morgan fingerprint density at radius 1 is 1.04 bits per heavy atom. The van der Waals surface area contributed by atoms with E-state index in [9.17, 15) is 8.42 Å². The van der Waals surface area contributed by atoms with Crippen molar-refractivity contribution in [2.45, 2.75) is 76.2 Å². The second kappa shape index (κ2) is 6.38. The Hall–Kier alpha value is -0.870. The van der Waals surface area contributed by atoms with Gasteiger partial charge in [-0.1, -0.05) is 25.5 Å². The SMILES string of the molecule is CCCc1ccc(S(=O)(=O)NC(C)C23CC4CC(CC(C4)C2)C3)cc1. The minimum Gasteiger partial charge on any atom is -0.208 e. The topological polar surface area (TPSA) is 46.2 Å². The van der Waals surface area contributed by atoms with Crippen molar-refractivity contribution < 1.29 is 8.42 Å². The Morgan fingerprint density at radius 3 is 2.04 bits per heavy atom. The highest BCUT2D eigenvalue weighted by Crippen LogP contribution is 2.61. The van der Waals surface area contributed by atoms with Gasteiger partial charge in [-0.3, -0.25) is 0 Å². The van der Waals surface area contributed by atoms with Crippen molar-refractivity contribution in [1.82, 2.24) is 4.72 Å². The standard InChI is InChI=1S/C21H31NO2S/c1-3-4-16-5-7-20(8-6-16)25(23,24)22-15(2)21-12-17-9-18(13-21)11-19(10-17)14-21/h5-8,15,17-19,22H,3-4,9-14H2,1-2H3. The molecular weight excluding hydrogens is 330 g/mol. The molecule has 0 heterocycles. The Bertz CT molecular complexity index is 687. The van der Waals surface area contributed by atoms with Crippen LogP contribution in [0.2, 0.25) is 0 Å². The molecule has 0 radical (unpaired) electrons. The fourth-order valence-corrected chi connectivity index (χ4v) is 7.60. The van der Waals surface area contributed by atoms with E-state index in [0.29, 0.717) is 4.90 Å². The normalized spacial score (nSPS) is 35.0. The van der Waals surface area contributed by atoms with Crippen LogP contribution in [0.5, 0.6) is 0 Å². The second-order valence-electron chi connectivity index (χ2n) is 9.02. The van der Waals surface area contributed by atoms with E-state index in [-0.39, 0.29) is 11.5 Å². The first kappa shape index (κ1) is 17.5. The number of sulfonamides is 1. The summed E-state index contributed by atoms with van der Waals surface area (Å²) in [4.78, 5) is 0.406. The first-order valence-corrected chi connectivity index (χ1v) is 11.5. The minimum absolute atomic E-state index is 0.0289. The molecule has 1 aromatic rings. The molecule has 0 aliphatic heterocycles. The number of aryl methyl sites for hydroxylation is 1. The summed E-state index contributed by atoms with van der Waals surface area (Å²) in [6.45, 7) is 4.25. The van der Waals surface area contributed by atoms with Gasteiger partial charge in [0.2, 0.25) is 10.0 Å². The summed E-state index contributed by atoms with van der Waals surface area (Å²) in [6.07, 6.45) is 9.89. The smallest absolute Gasteiger partial charge is 0.208 e. The first-order chi connectivity index (χ1) is 11.9. The van der Waals surface area contributed by atoms with Crippen LogP contribution in [0.15, 0.2) is 29.2 Å². The molecule has 4 aliphatic carbocycles. The summed E-state index contributed by atoms with van der Waals surface area (Å²) in [5.41, 5.74) is 1.40. The number of hydrogen-bond donors (Lipinski definition) is 1. The maximum absolute atomic E-state index is 12.9. The lowest BCUT2D eigenvalue weighted by atomic mass is 9.48. The van der Waals surface area contributed by atoms with Gasteiger partial charge in [0.05, 0.1) is 4.90 Å². The van der Waals surface area contributed by atoms with Crippen molar-refractivity contribution in [2.75, 3.05) is 0 Å². The van der Waals surface area contributed by atoms with Crippen LogP contribution >= 0.6 is 0 Å². The van der Waals surface area contributed by atoms with E-state index < -0.39 is 10.0 Å². The van der Waals surface area contributed by atoms with Crippen LogP contribution < -0.4 is 4.72 Å². The molecule has 0 aromatic heterocycles. The third-order valence-electron chi connectivity index (χ3n) is 7.11. The summed E-state index contributed by atoms with van der Waals surface area (Å²) in [5.74, 6) is 2.52. The largest absolute Gasteiger partial charge is 0.240 e. The van der Waals surface area contributed by atoms with Gasteiger partial charge in [-0.25, -0.2) is 13.1 Å². The predicted octanol–water partition coefficient (Wildman–Crippen LogP) is 4.52. The number of rotatable bonds is 6. The van der Waals surface area contributed by atoms with Crippen LogP contribution in [0.1, 0.15) is 64.4 Å². The van der Waals surface area contributed by atoms with Gasteiger partial charge >= 0.3 is 0 Å². The maximum Gasteiger partial charge on any atom is 0.240 e. The van der Waals surface area contributed by atoms with E-state index in [1.54, 1.807) is 12.1 Å². The fourth-order valence-electron chi connectivity index (χ4n) is 6.26. The van der Waals surface area contributed by atoms with Gasteiger partial charge in [0.25, 0.3) is 0 Å². The van der Waals surface area contributed by atoms with E-state index in [0.717, 1.165) is 30.6 Å². The molecule has 0 saturated heterocycles. The van der Waals surface area contributed by atoms with E-state index >= 15 is 0 Å². The molecule has 1 aromatic carbocycles. The van der Waals surface area contributed by atoms with E-state index in [2.05, 4.69) is 18.6 Å². The van der Waals surface area contributed by atoms with Crippen molar-refractivity contribution in [1.29, 1.82) is 0 Å². The zero-order valence-electron chi connectivity index (χ0n) is 15.5. The van der Waals surface area contributed by atoms with Gasteiger partial charge in [-0.2, -0.15) is 0 Å². The van der Waals surface area contributed by atoms with Crippen LogP contribution in [0, 0.1) is 23.2 Å². The quantitative estimate of drug-likeness (QED) is 0.809. The van der Waals surface area contributed by atoms with Crippen LogP contribution in [0.25, 0.3) is 0 Å². The van der Waals surface area contributed by atoms with Crippen molar-refractivity contribution >= 4 is 10.0 Å². The second-order valence-corrected chi connectivity index (χ2v) is 10.7. The molecule has 138 valence electrons. The Kier molecular flexibility index (Phi) is 4.48. The Labute approximate surface area is 152 Å². The van der Waals surface area contributed by atoms with Crippen molar-refractivity contribution in [3.63, 3.8) is 0 Å². The third-order valence-corrected chi connectivity index (χ3v) is 8.67. The molecule has 0 amide bonds. The summed E-state index contributed by atoms with van der Waals surface area (Å²) < 4.78 is 28.8. The van der Waals surface area contributed by atoms with Gasteiger partial charge in [0, 0.05) is 6.04 Å². The number of nitrogens with one attached hydrogen (secondary N) is 1. The van der Waals surface area contributed by atoms with Gasteiger partial charge in [0.1, 0.15) is 0 Å².